The van der Waals surface area contributed by atoms with Gasteiger partial charge in [-0.15, -0.1) is 19.1 Å². The zero-order valence-electron chi connectivity index (χ0n) is 15.6. The Morgan fingerprint density at radius 3 is 1.85 bits per heavy atom. The summed E-state index contributed by atoms with van der Waals surface area (Å²) in [5.41, 5.74) is 1.67. The lowest BCUT2D eigenvalue weighted by molar-refractivity contribution is 0.169. The number of hydrogen-bond acceptors (Lipinski definition) is 6. The van der Waals surface area contributed by atoms with Crippen molar-refractivity contribution in [3.63, 3.8) is 0 Å². The fourth-order valence-electron chi connectivity index (χ4n) is 4.61. The highest BCUT2D eigenvalue weighted by atomic mass is 35.5. The summed E-state index contributed by atoms with van der Waals surface area (Å²) in [5, 5.41) is 9.37. The van der Waals surface area contributed by atoms with E-state index in [-0.39, 0.29) is 0 Å². The van der Waals surface area contributed by atoms with Gasteiger partial charge >= 0.3 is 7.94 Å². The molecule has 2 aromatic rings. The first-order valence-corrected chi connectivity index (χ1v) is 12.1. The minimum Gasteiger partial charge on any atom is -0.183 e. The Labute approximate surface area is 165 Å². The molecule has 4 heterocycles. The van der Waals surface area contributed by atoms with Crippen LogP contribution in [0.5, 0.6) is 0 Å². The van der Waals surface area contributed by atoms with E-state index in [0.717, 1.165) is 50.3 Å². The van der Waals surface area contributed by atoms with Crippen LogP contribution in [0.4, 0.5) is 0 Å². The van der Waals surface area contributed by atoms with Crippen LogP contribution in [0.15, 0.2) is 18.2 Å². The third kappa shape index (κ3) is 3.14. The van der Waals surface area contributed by atoms with Gasteiger partial charge in [0.1, 0.15) is 11.0 Å². The van der Waals surface area contributed by atoms with Crippen molar-refractivity contribution in [3.05, 3.63) is 23.2 Å². The molecular weight excluding hydrogens is 383 g/mol. The van der Waals surface area contributed by atoms with E-state index < -0.39 is 7.94 Å². The van der Waals surface area contributed by atoms with Crippen molar-refractivity contribution >= 4 is 30.6 Å². The lowest BCUT2D eigenvalue weighted by Gasteiger charge is -2.39. The summed E-state index contributed by atoms with van der Waals surface area (Å²) in [6.07, 6.45) is 7.48. The van der Waals surface area contributed by atoms with Crippen LogP contribution < -0.4 is 4.62 Å². The highest BCUT2D eigenvalue weighted by molar-refractivity contribution is 7.64. The molecule has 3 aliphatic heterocycles. The van der Waals surface area contributed by atoms with Gasteiger partial charge in [0.2, 0.25) is 0 Å². The average molecular weight is 410 g/mol. The molecule has 0 aliphatic carbocycles. The average Bonchev–Trinajstić information content (AvgIpc) is 3.48. The Morgan fingerprint density at radius 1 is 0.815 bits per heavy atom. The fourth-order valence-corrected chi connectivity index (χ4v) is 8.90. The molecule has 27 heavy (non-hydrogen) atoms. The largest absolute Gasteiger partial charge is 0.451 e. The minimum absolute atomic E-state index is 0.683. The van der Waals surface area contributed by atoms with Crippen LogP contribution in [-0.2, 0) is 0 Å². The van der Waals surface area contributed by atoms with E-state index in [4.69, 9.17) is 16.2 Å². The van der Waals surface area contributed by atoms with E-state index in [2.05, 4.69) is 24.3 Å². The molecule has 146 valence electrons. The Bertz CT molecular complexity index is 757. The molecule has 1 aromatic carbocycles. The number of rotatable bonds is 5. The topological polar surface area (TPSA) is 49.7 Å². The molecule has 0 saturated carbocycles. The monoisotopic (exact) mass is 409 g/mol. The van der Waals surface area contributed by atoms with Crippen molar-refractivity contribution in [2.45, 2.75) is 38.5 Å². The summed E-state index contributed by atoms with van der Waals surface area (Å²) in [6.45, 7) is 6.63. The molecule has 9 heteroatoms. The van der Waals surface area contributed by atoms with Gasteiger partial charge < -0.3 is 0 Å². The van der Waals surface area contributed by atoms with Gasteiger partial charge in [-0.2, -0.15) is 4.62 Å². The first kappa shape index (κ1) is 18.1. The van der Waals surface area contributed by atoms with Crippen LogP contribution in [-0.4, -0.2) is 68.4 Å². The molecular formula is C18H27ClN6OP+. The van der Waals surface area contributed by atoms with Gasteiger partial charge in [0.05, 0.1) is 0 Å². The Kier molecular flexibility index (Phi) is 4.99. The van der Waals surface area contributed by atoms with E-state index in [1.54, 1.807) is 4.85 Å². The molecule has 1 aromatic heterocycles. The predicted molar refractivity (Wildman–Crippen MR) is 108 cm³/mol. The van der Waals surface area contributed by atoms with E-state index in [9.17, 15) is 0 Å². The van der Waals surface area contributed by atoms with Crippen molar-refractivity contribution in [1.29, 1.82) is 0 Å². The third-order valence-electron chi connectivity index (χ3n) is 5.92. The molecule has 0 atom stereocenters. The van der Waals surface area contributed by atoms with Crippen LogP contribution in [0.2, 0.25) is 5.02 Å². The summed E-state index contributed by atoms with van der Waals surface area (Å²) in [7, 11) is -2.13. The van der Waals surface area contributed by atoms with E-state index >= 15 is 0 Å². The van der Waals surface area contributed by atoms with Gasteiger partial charge in [0, 0.05) is 44.3 Å². The van der Waals surface area contributed by atoms with Gasteiger partial charge in [-0.05, 0) is 66.8 Å². The molecule has 0 N–H and O–H groups in total. The van der Waals surface area contributed by atoms with Crippen molar-refractivity contribution < 1.29 is 4.62 Å². The van der Waals surface area contributed by atoms with Crippen molar-refractivity contribution in [3.8, 4) is 0 Å². The number of benzene rings is 1. The maximum Gasteiger partial charge on any atom is 0.451 e. The van der Waals surface area contributed by atoms with Crippen LogP contribution >= 0.6 is 19.5 Å². The van der Waals surface area contributed by atoms with Crippen LogP contribution in [0, 0.1) is 0 Å². The Hall–Kier alpha value is -0.980. The van der Waals surface area contributed by atoms with Gasteiger partial charge in [0.25, 0.3) is 0 Å². The molecule has 0 amide bonds. The summed E-state index contributed by atoms with van der Waals surface area (Å²) in [5.74, 6) is 0. The number of nitrogens with zero attached hydrogens (tertiary/aromatic N) is 6. The van der Waals surface area contributed by atoms with Crippen molar-refractivity contribution in [2.75, 3.05) is 39.3 Å². The highest BCUT2D eigenvalue weighted by Gasteiger charge is 2.63. The van der Waals surface area contributed by atoms with Crippen LogP contribution in [0.3, 0.4) is 0 Å². The highest BCUT2D eigenvalue weighted by Crippen LogP contribution is 2.68. The molecule has 7 nitrogen and oxygen atoms in total. The lowest BCUT2D eigenvalue weighted by atomic mass is 10.3. The first-order valence-electron chi connectivity index (χ1n) is 10.1. The Morgan fingerprint density at radius 2 is 1.33 bits per heavy atom. The second-order valence-electron chi connectivity index (χ2n) is 7.67. The van der Waals surface area contributed by atoms with E-state index in [1.807, 2.05) is 18.2 Å². The smallest absolute Gasteiger partial charge is 0.183 e. The van der Waals surface area contributed by atoms with Gasteiger partial charge in [0.15, 0.2) is 0 Å². The molecule has 3 saturated heterocycles. The summed E-state index contributed by atoms with van der Waals surface area (Å²) < 4.78 is 14.8. The number of aromatic nitrogens is 3. The standard InChI is InChI=1S/C18H27ClN6OP/c19-16-7-8-17-18(15-16)25(21-20-17)26-27(22-9-1-2-10-22,23-11-3-4-12-23)24-13-5-6-14-24/h7-8,15H,1-6,9-14H2/q+1. The SMILES string of the molecule is Clc1ccc2nnn(O[P+](N3CCCC3)(N3CCCC3)N3CCCC3)c2c1. The van der Waals surface area contributed by atoms with Crippen molar-refractivity contribution in [1.82, 2.24) is 29.2 Å². The van der Waals surface area contributed by atoms with E-state index in [0.29, 0.717) is 5.02 Å². The van der Waals surface area contributed by atoms with Gasteiger partial charge in [-0.25, -0.2) is 0 Å². The van der Waals surface area contributed by atoms with Gasteiger partial charge in [-0.1, -0.05) is 11.6 Å². The molecule has 0 unspecified atom stereocenters. The zero-order valence-corrected chi connectivity index (χ0v) is 17.3. The second-order valence-corrected chi connectivity index (χ2v) is 11.0. The maximum absolute atomic E-state index is 6.94. The number of halogens is 1. The summed E-state index contributed by atoms with van der Waals surface area (Å²) in [4.78, 5) is 1.66. The summed E-state index contributed by atoms with van der Waals surface area (Å²) >= 11 is 6.25. The molecule has 0 radical (unpaired) electrons. The van der Waals surface area contributed by atoms with Crippen molar-refractivity contribution in [2.24, 2.45) is 0 Å². The molecule has 3 fully saturated rings. The first-order chi connectivity index (χ1) is 13.3. The number of fused-ring (bicyclic) bond motifs is 1. The molecule has 3 aliphatic rings. The lowest BCUT2D eigenvalue weighted by Crippen LogP contribution is -2.47. The Balaban J connectivity index is 1.60. The molecule has 0 bridgehead atoms. The van der Waals surface area contributed by atoms with Crippen LogP contribution in [0.1, 0.15) is 38.5 Å². The van der Waals surface area contributed by atoms with Crippen LogP contribution in [0.25, 0.3) is 11.0 Å². The van der Waals surface area contributed by atoms with Gasteiger partial charge in [-0.3, -0.25) is 0 Å². The fraction of sp³-hybridized carbons (Fsp3) is 0.667. The zero-order chi connectivity index (χ0) is 18.3. The predicted octanol–water partition coefficient (Wildman–Crippen LogP) is 3.48. The quantitative estimate of drug-likeness (QED) is 0.705. The van der Waals surface area contributed by atoms with E-state index in [1.165, 1.54) is 38.5 Å². The molecule has 0 spiro atoms. The summed E-state index contributed by atoms with van der Waals surface area (Å²) in [6, 6.07) is 5.67. The third-order valence-corrected chi connectivity index (χ3v) is 9.94. The molecule has 5 rings (SSSR count). The maximum atomic E-state index is 6.94. The number of hydrogen-bond donors (Lipinski definition) is 0. The normalized spacial score (nSPS) is 23.0. The minimum atomic E-state index is -2.13. The second kappa shape index (κ2) is 7.45.